The number of aliphatic hydroxyl groups excluding tert-OH is 3. The fraction of sp³-hybridized carbons (Fsp3) is 0.854. The van der Waals surface area contributed by atoms with Gasteiger partial charge < -0.3 is 39.8 Å². The molecule has 10 heteroatoms. The maximum absolute atomic E-state index is 12.9. The van der Waals surface area contributed by atoms with Crippen LogP contribution < -0.4 is 10.2 Å². The number of carboxylic acids is 1. The fourth-order valence-corrected chi connectivity index (χ4v) is 8.00. The minimum atomic E-state index is -1.04. The first-order valence-corrected chi connectivity index (χ1v) is 19.4. The number of aliphatic hydroxyl groups is 3. The van der Waals surface area contributed by atoms with Gasteiger partial charge in [0.1, 0.15) is 0 Å². The summed E-state index contributed by atoms with van der Waals surface area (Å²) < 4.78 is 12.7. The molecule has 0 aromatic carbocycles. The molecule has 9 nitrogen and oxygen atoms in total. The van der Waals surface area contributed by atoms with Gasteiger partial charge in [0.25, 0.3) is 0 Å². The van der Waals surface area contributed by atoms with E-state index in [-0.39, 0.29) is 109 Å². The zero-order valence-electron chi connectivity index (χ0n) is 33.4. The van der Waals surface area contributed by atoms with Gasteiger partial charge >= 0.3 is 37.7 Å². The van der Waals surface area contributed by atoms with E-state index in [2.05, 4.69) is 20.8 Å². The van der Waals surface area contributed by atoms with Crippen LogP contribution in [-0.2, 0) is 19.1 Å². The SMILES string of the molecule is CC(CCC(=O)[O-])CC(C)CC(C)C(=O)/C=C(/[O-])C(C)CC(C)C/C=C/C(C)C(O)C(C)C(O)CC1CCC(C)(C2CCC(C)(C(C)O)O2)O1.[Ca+2]. The Balaban J connectivity index is 0.0000130. The van der Waals surface area contributed by atoms with Crippen molar-refractivity contribution in [2.45, 2.75) is 182 Å². The number of carbonyl (C=O) groups excluding carboxylic acids is 2. The number of hydrogen-bond acceptors (Lipinski definition) is 9. The van der Waals surface area contributed by atoms with Crippen LogP contribution in [0.4, 0.5) is 0 Å². The molecule has 2 heterocycles. The molecular formula is C41H70CaO9. The van der Waals surface area contributed by atoms with E-state index in [0.29, 0.717) is 25.7 Å². The number of aliphatic carboxylic acids is 1. The molecule has 2 aliphatic rings. The first-order valence-electron chi connectivity index (χ1n) is 19.4. The molecule has 0 spiro atoms. The smallest absolute Gasteiger partial charge is 0.875 e. The molecule has 3 N–H and O–H groups in total. The molecule has 2 saturated heterocycles. The van der Waals surface area contributed by atoms with Crippen molar-refractivity contribution in [1.82, 2.24) is 0 Å². The van der Waals surface area contributed by atoms with Crippen LogP contribution >= 0.6 is 0 Å². The van der Waals surface area contributed by atoms with Crippen molar-refractivity contribution in [3.8, 4) is 0 Å². The maximum Gasteiger partial charge on any atom is 2.00 e. The van der Waals surface area contributed by atoms with Crippen molar-refractivity contribution < 1.29 is 44.6 Å². The van der Waals surface area contributed by atoms with Gasteiger partial charge in [0.2, 0.25) is 0 Å². The number of carbonyl (C=O) groups is 2. The Hall–Kier alpha value is -0.520. The topological polar surface area (TPSA) is 159 Å². The van der Waals surface area contributed by atoms with Crippen LogP contribution in [0.25, 0.3) is 0 Å². The number of rotatable bonds is 22. The van der Waals surface area contributed by atoms with Gasteiger partial charge in [0, 0.05) is 23.7 Å². The second kappa shape index (κ2) is 22.1. The van der Waals surface area contributed by atoms with E-state index in [1.165, 1.54) is 6.08 Å². The Labute approximate surface area is 339 Å². The Bertz CT molecular complexity index is 1130. The Morgan fingerprint density at radius 3 is 2.06 bits per heavy atom. The standard InChI is InChI=1S/C41H72O9.Ca/c1-25(21-29(5)34(43)24-35(44)30(6)22-27(3)20-26(2)14-15-38(46)47)12-11-13-28(4)39(48)31(7)36(45)23-33-16-18-41(10,49-33)37-17-19-40(9,50-37)32(8)42;/h11,13,24-33,36-37,39,42-43,45,48H,12,14-23H2,1-10H3,(H,46,47);/q;+2/p-2/b13-11+,34-24+;. The average molecular weight is 747 g/mol. The van der Waals surface area contributed by atoms with Crippen molar-refractivity contribution in [2.75, 3.05) is 0 Å². The minimum absolute atomic E-state index is 0. The normalized spacial score (nSPS) is 30.1. The summed E-state index contributed by atoms with van der Waals surface area (Å²) in [5.74, 6) is -1.73. The predicted molar refractivity (Wildman–Crippen MR) is 198 cm³/mol. The van der Waals surface area contributed by atoms with Gasteiger partial charge in [0.05, 0.1) is 41.7 Å². The second-order valence-corrected chi connectivity index (χ2v) is 17.1. The number of ketones is 1. The molecule has 2 aliphatic heterocycles. The average Bonchev–Trinajstić information content (AvgIpc) is 3.63. The van der Waals surface area contributed by atoms with Gasteiger partial charge in [0.15, 0.2) is 5.78 Å². The van der Waals surface area contributed by atoms with Gasteiger partial charge in [-0.25, -0.2) is 0 Å². The zero-order chi connectivity index (χ0) is 38.0. The summed E-state index contributed by atoms with van der Waals surface area (Å²) in [7, 11) is 0. The minimum Gasteiger partial charge on any atom is -0.875 e. The van der Waals surface area contributed by atoms with Gasteiger partial charge in [-0.1, -0.05) is 60.6 Å². The molecule has 290 valence electrons. The van der Waals surface area contributed by atoms with Crippen LogP contribution in [0, 0.1) is 41.4 Å². The molecule has 2 fully saturated rings. The Morgan fingerprint density at radius 2 is 1.47 bits per heavy atom. The third-order valence-electron chi connectivity index (χ3n) is 11.9. The molecule has 0 aromatic rings. The van der Waals surface area contributed by atoms with Crippen molar-refractivity contribution in [3.05, 3.63) is 24.0 Å². The quantitative estimate of drug-likeness (QED) is 0.0607. The number of allylic oxidation sites excluding steroid dienone is 3. The van der Waals surface area contributed by atoms with Crippen molar-refractivity contribution >= 4 is 49.5 Å². The van der Waals surface area contributed by atoms with Crippen LogP contribution in [0.15, 0.2) is 24.0 Å². The Morgan fingerprint density at radius 1 is 0.843 bits per heavy atom. The number of carboxylic acid groups (broad SMARTS) is 1. The van der Waals surface area contributed by atoms with E-state index in [1.807, 2.05) is 53.7 Å². The summed E-state index contributed by atoms with van der Waals surface area (Å²) >= 11 is 0. The molecule has 2 rings (SSSR count). The molecular weight excluding hydrogens is 677 g/mol. The molecule has 0 aliphatic carbocycles. The summed E-state index contributed by atoms with van der Waals surface area (Å²) in [6, 6.07) is 0. The summed E-state index contributed by atoms with van der Waals surface area (Å²) in [5, 5.41) is 55.9. The van der Waals surface area contributed by atoms with E-state index in [9.17, 15) is 35.1 Å². The van der Waals surface area contributed by atoms with E-state index in [1.54, 1.807) is 6.92 Å². The second-order valence-electron chi connectivity index (χ2n) is 17.1. The van der Waals surface area contributed by atoms with E-state index < -0.39 is 35.5 Å². The largest absolute Gasteiger partial charge is 2.00 e. The Kier molecular flexibility index (Phi) is 21.1. The van der Waals surface area contributed by atoms with Gasteiger partial charge in [-0.2, -0.15) is 0 Å². The molecule has 0 radical (unpaired) electrons. The van der Waals surface area contributed by atoms with E-state index in [0.717, 1.165) is 38.5 Å². The summed E-state index contributed by atoms with van der Waals surface area (Å²) in [6.07, 6.45) is 10.2. The third kappa shape index (κ3) is 15.6. The van der Waals surface area contributed by atoms with Gasteiger partial charge in [-0.3, -0.25) is 4.79 Å². The summed E-state index contributed by atoms with van der Waals surface area (Å²) in [4.78, 5) is 23.5. The monoisotopic (exact) mass is 746 g/mol. The van der Waals surface area contributed by atoms with Crippen molar-refractivity contribution in [3.63, 3.8) is 0 Å². The van der Waals surface area contributed by atoms with Crippen molar-refractivity contribution in [1.29, 1.82) is 0 Å². The number of ether oxygens (including phenoxy) is 2. The molecule has 0 aromatic heterocycles. The van der Waals surface area contributed by atoms with Crippen LogP contribution in [0.2, 0.25) is 0 Å². The zero-order valence-corrected chi connectivity index (χ0v) is 35.6. The van der Waals surface area contributed by atoms with Crippen LogP contribution in [-0.4, -0.2) is 107 Å². The van der Waals surface area contributed by atoms with E-state index in [4.69, 9.17) is 9.47 Å². The molecule has 14 atom stereocenters. The van der Waals surface area contributed by atoms with Crippen molar-refractivity contribution in [2.24, 2.45) is 41.4 Å². The molecule has 0 saturated carbocycles. The molecule has 0 amide bonds. The number of hydrogen-bond donors (Lipinski definition) is 3. The first-order chi connectivity index (χ1) is 23.2. The van der Waals surface area contributed by atoms with E-state index >= 15 is 0 Å². The van der Waals surface area contributed by atoms with Crippen LogP contribution in [0.3, 0.4) is 0 Å². The van der Waals surface area contributed by atoms with Gasteiger partial charge in [-0.15, -0.1) is 5.76 Å². The predicted octanol–water partition coefficient (Wildman–Crippen LogP) is 4.89. The van der Waals surface area contributed by atoms with Crippen LogP contribution in [0.1, 0.15) is 140 Å². The summed E-state index contributed by atoms with van der Waals surface area (Å²) in [6.45, 7) is 19.4. The van der Waals surface area contributed by atoms with Crippen LogP contribution in [0.5, 0.6) is 0 Å². The first kappa shape index (κ1) is 48.5. The maximum atomic E-state index is 12.9. The molecule has 51 heavy (non-hydrogen) atoms. The van der Waals surface area contributed by atoms with Gasteiger partial charge in [-0.05, 0) is 121 Å². The summed E-state index contributed by atoms with van der Waals surface area (Å²) in [5.41, 5.74) is -1.02. The fourth-order valence-electron chi connectivity index (χ4n) is 8.00. The molecule has 0 bridgehead atoms. The third-order valence-corrected chi connectivity index (χ3v) is 11.9. The molecule has 14 unspecified atom stereocenters.